The van der Waals surface area contributed by atoms with E-state index >= 15 is 0 Å². The Kier molecular flexibility index (Phi) is 17.4. The number of alkyl halides is 6. The van der Waals surface area contributed by atoms with E-state index in [-0.39, 0.29) is 31.9 Å². The van der Waals surface area contributed by atoms with Crippen molar-refractivity contribution in [3.8, 4) is 22.3 Å². The van der Waals surface area contributed by atoms with Gasteiger partial charge in [-0.1, -0.05) is 75.5 Å². The van der Waals surface area contributed by atoms with Crippen molar-refractivity contribution in [2.24, 2.45) is 0 Å². The molecule has 0 unspecified atom stereocenters. The van der Waals surface area contributed by atoms with Gasteiger partial charge in [-0.05, 0) is 114 Å². The normalized spacial score (nSPS) is 10.5. The molecule has 0 aliphatic carbocycles. The maximum absolute atomic E-state index is 12.8. The lowest BCUT2D eigenvalue weighted by molar-refractivity contribution is -0.138. The number of nitrogens with two attached hydrogens (primary N) is 3. The first-order valence-corrected chi connectivity index (χ1v) is 17.2. The zero-order chi connectivity index (χ0) is 42.8. The number of carbonyl (C=O) groups is 4. The minimum atomic E-state index is -4.43. The third kappa shape index (κ3) is 13.0. The first-order valence-electron chi connectivity index (χ1n) is 16.8. The van der Waals surface area contributed by atoms with Crippen LogP contribution in [0, 0.1) is 0 Å². The Bertz CT molecular complexity index is 2440. The summed E-state index contributed by atoms with van der Waals surface area (Å²) in [5.74, 6) is -0.636. The number of halogens is 7. The van der Waals surface area contributed by atoms with E-state index in [1.807, 2.05) is 0 Å². The van der Waals surface area contributed by atoms with Crippen molar-refractivity contribution in [3.05, 3.63) is 167 Å². The van der Waals surface area contributed by atoms with Crippen LogP contribution >= 0.6 is 11.6 Å². The number of anilines is 4. The average Bonchev–Trinajstić information content (AvgIpc) is 3.18. The van der Waals surface area contributed by atoms with Crippen LogP contribution in [0.4, 0.5) is 49.1 Å². The van der Waals surface area contributed by atoms with Crippen LogP contribution in [0.15, 0.2) is 133 Å². The molecule has 0 saturated carbocycles. The Morgan fingerprint density at radius 1 is 0.583 bits per heavy atom. The lowest BCUT2D eigenvalue weighted by atomic mass is 9.98. The molecule has 1 amide bonds. The number of nitrogen functional groups attached to an aromatic ring is 3. The molecule has 0 spiro atoms. The Labute approximate surface area is 348 Å². The molecule has 0 heterocycles. The van der Waals surface area contributed by atoms with E-state index in [2.05, 4.69) is 5.32 Å². The van der Waals surface area contributed by atoms with Crippen molar-refractivity contribution in [1.82, 2.24) is 0 Å². The third-order valence-electron chi connectivity index (χ3n) is 8.28. The van der Waals surface area contributed by atoms with E-state index in [0.29, 0.717) is 62.3 Å². The lowest BCUT2D eigenvalue weighted by Gasteiger charge is -2.13. The predicted octanol–water partition coefficient (Wildman–Crippen LogP) is 12.1. The predicted molar refractivity (Wildman–Crippen MR) is 227 cm³/mol. The summed E-state index contributed by atoms with van der Waals surface area (Å²) in [4.78, 5) is 45.7. The summed E-state index contributed by atoms with van der Waals surface area (Å²) in [6, 6.07) is 31.7. The quantitative estimate of drug-likeness (QED) is 0.0409. The molecule has 0 atom stereocenters. The second-order valence-electron chi connectivity index (χ2n) is 12.3. The van der Waals surface area contributed by atoms with Crippen molar-refractivity contribution in [2.75, 3.05) is 22.5 Å². The van der Waals surface area contributed by atoms with Gasteiger partial charge in [0.2, 0.25) is 0 Å². The summed E-state index contributed by atoms with van der Waals surface area (Å²) in [5, 5.41) is 2.06. The number of Topliss-reactive ketones (excluding diaryl/α,β-unsaturated/α-hetero) is 1. The van der Waals surface area contributed by atoms with Crippen LogP contribution in [0.25, 0.3) is 22.3 Å². The summed E-state index contributed by atoms with van der Waals surface area (Å²) < 4.78 is 75.7. The number of aldehydes is 1. The van der Waals surface area contributed by atoms with Gasteiger partial charge in [0.05, 0.1) is 11.1 Å². The molecule has 0 fully saturated rings. The summed E-state index contributed by atoms with van der Waals surface area (Å²) in [7, 11) is 0. The van der Waals surface area contributed by atoms with Crippen LogP contribution in [0.3, 0.4) is 0 Å². The maximum atomic E-state index is 12.8. The largest absolute Gasteiger partial charge is 0.416 e. The third-order valence-corrected chi connectivity index (χ3v) is 8.49. The van der Waals surface area contributed by atoms with Gasteiger partial charge in [0.25, 0.3) is 11.1 Å². The van der Waals surface area contributed by atoms with Gasteiger partial charge in [0.15, 0.2) is 12.1 Å². The number of ketones is 1. The van der Waals surface area contributed by atoms with Crippen LogP contribution in [0.2, 0.25) is 0 Å². The topological polar surface area (TPSA) is 158 Å². The van der Waals surface area contributed by atoms with E-state index in [1.165, 1.54) is 49.4 Å². The molecular weight excluding hydrogens is 810 g/mol. The molecule has 60 heavy (non-hydrogen) atoms. The van der Waals surface area contributed by atoms with Crippen LogP contribution in [-0.4, -0.2) is 23.2 Å². The molecule has 0 bridgehead atoms. The number of carbonyl (C=O) groups excluding carboxylic acids is 4. The number of amides is 1. The molecule has 0 aliphatic heterocycles. The minimum absolute atomic E-state index is 0. The molecule has 314 valence electrons. The number of nitrogens with one attached hydrogen (secondary N) is 1. The van der Waals surface area contributed by atoms with Gasteiger partial charge < -0.3 is 22.5 Å². The van der Waals surface area contributed by atoms with Gasteiger partial charge in [-0.3, -0.25) is 19.2 Å². The van der Waals surface area contributed by atoms with Gasteiger partial charge in [-0.25, -0.2) is 0 Å². The molecule has 7 N–H and O–H groups in total. The van der Waals surface area contributed by atoms with Crippen LogP contribution in [-0.2, 0) is 12.4 Å². The van der Waals surface area contributed by atoms with Gasteiger partial charge in [-0.15, -0.1) is 0 Å². The summed E-state index contributed by atoms with van der Waals surface area (Å²) >= 11 is 5.44. The highest BCUT2D eigenvalue weighted by atomic mass is 35.5. The zero-order valence-corrected chi connectivity index (χ0v) is 31.0. The molecule has 6 aromatic rings. The van der Waals surface area contributed by atoms with Crippen LogP contribution in [0.5, 0.6) is 0 Å². The fourth-order valence-corrected chi connectivity index (χ4v) is 5.54. The monoisotopic (exact) mass is 850 g/mol. The first kappa shape index (κ1) is 49.2. The molecule has 6 aromatic carbocycles. The molecule has 0 saturated heterocycles. The average molecular weight is 851 g/mol. The highest BCUT2D eigenvalue weighted by molar-refractivity contribution is 6.68. The van der Waals surface area contributed by atoms with Gasteiger partial charge in [-0.2, -0.15) is 26.3 Å². The molecule has 15 heteroatoms. The maximum Gasteiger partial charge on any atom is 0.416 e. The smallest absolute Gasteiger partial charge is 0.399 e. The molecule has 6 rings (SSSR count). The summed E-state index contributed by atoms with van der Waals surface area (Å²) in [5.41, 5.74) is 20.2. The molecule has 0 radical (unpaired) electrons. The summed E-state index contributed by atoms with van der Waals surface area (Å²) in [6.07, 6.45) is -8.10. The van der Waals surface area contributed by atoms with Crippen molar-refractivity contribution >= 4 is 57.6 Å². The van der Waals surface area contributed by atoms with Crippen LogP contribution < -0.4 is 22.5 Å². The molecule has 8 nitrogen and oxygen atoms in total. The van der Waals surface area contributed by atoms with E-state index in [4.69, 9.17) is 28.8 Å². The fourth-order valence-electron chi connectivity index (χ4n) is 5.38. The summed E-state index contributed by atoms with van der Waals surface area (Å²) in [6.45, 7) is 1.39. The Hall–Kier alpha value is -6.93. The number of hydrogen-bond acceptors (Lipinski definition) is 7. The number of benzene rings is 6. The van der Waals surface area contributed by atoms with E-state index in [1.54, 1.807) is 66.7 Å². The van der Waals surface area contributed by atoms with Crippen molar-refractivity contribution in [2.45, 2.75) is 34.1 Å². The van der Waals surface area contributed by atoms with Crippen molar-refractivity contribution < 1.29 is 45.5 Å². The lowest BCUT2D eigenvalue weighted by Crippen LogP contribution is -2.14. The molecule has 0 aliphatic rings. The van der Waals surface area contributed by atoms with Gasteiger partial charge in [0.1, 0.15) is 0 Å². The SMILES string of the molecule is C.C.CC(=O)c1ccc(NC(=O)c2ccccc2-c2ccc(C(F)(F)F)cc2)cc1N.Nc1ccc(C=O)c(N)c1.O=C(Cl)c1ccccc1-c1ccc(C(F)(F)F)cc1. The van der Waals surface area contributed by atoms with Crippen LogP contribution in [0.1, 0.15) is 74.3 Å². The zero-order valence-electron chi connectivity index (χ0n) is 30.3. The van der Waals surface area contributed by atoms with E-state index in [0.717, 1.165) is 24.3 Å². The van der Waals surface area contributed by atoms with E-state index < -0.39 is 34.6 Å². The standard InChI is InChI=1S/C22H17F3N2O2.C14H8ClF3O.C7H8N2O.2CH4/c1-13(28)17-11-10-16(12-20(17)26)27-21(29)19-5-3-2-4-18(19)14-6-8-15(9-7-14)22(23,24)25;15-13(19)12-4-2-1-3-11(12)9-5-7-10(8-6-9)14(16,17)18;8-6-2-1-5(4-10)7(9)3-6;;/h2-12H,26H2,1H3,(H,27,29);1-8H;1-4H,8-9H2;2*1H4. The highest BCUT2D eigenvalue weighted by Crippen LogP contribution is 2.34. The Morgan fingerprint density at radius 2 is 1.05 bits per heavy atom. The van der Waals surface area contributed by atoms with E-state index in [9.17, 15) is 45.5 Å². The highest BCUT2D eigenvalue weighted by Gasteiger charge is 2.31. The van der Waals surface area contributed by atoms with Gasteiger partial charge >= 0.3 is 12.4 Å². The molecular formula is C45H41ClF6N4O4. The Balaban J connectivity index is 0.000000343. The second kappa shape index (κ2) is 21.2. The number of hydrogen-bond donors (Lipinski definition) is 4. The minimum Gasteiger partial charge on any atom is -0.399 e. The Morgan fingerprint density at radius 3 is 1.47 bits per heavy atom. The number of rotatable bonds is 7. The second-order valence-corrected chi connectivity index (χ2v) is 12.7. The first-order chi connectivity index (χ1) is 27.3. The van der Waals surface area contributed by atoms with Gasteiger partial charge in [0, 0.05) is 45.0 Å². The molecule has 0 aromatic heterocycles. The fraction of sp³-hybridized carbons (Fsp3) is 0.111. The van der Waals surface area contributed by atoms with Crippen molar-refractivity contribution in [3.63, 3.8) is 0 Å². The van der Waals surface area contributed by atoms with Crippen molar-refractivity contribution in [1.29, 1.82) is 0 Å².